The number of aromatic nitrogens is 2. The number of amides is 1. The fraction of sp³-hybridized carbons (Fsp3) is 0.208. The smallest absolute Gasteiger partial charge is 0.331 e. The first kappa shape index (κ1) is 21.8. The third-order valence-electron chi connectivity index (χ3n) is 4.70. The summed E-state index contributed by atoms with van der Waals surface area (Å²) in [4.78, 5) is 24.0. The lowest BCUT2D eigenvalue weighted by atomic mass is 10.2. The van der Waals surface area contributed by atoms with Crippen LogP contribution in [-0.4, -0.2) is 35.4 Å². The number of esters is 1. The minimum absolute atomic E-state index is 0.320. The van der Waals surface area contributed by atoms with Crippen molar-refractivity contribution in [2.45, 2.75) is 20.4 Å². The van der Waals surface area contributed by atoms with Gasteiger partial charge in [-0.1, -0.05) is 30.3 Å². The van der Waals surface area contributed by atoms with Crippen molar-refractivity contribution in [1.29, 1.82) is 0 Å². The molecule has 160 valence electrons. The Labute approximate surface area is 181 Å². The molecule has 0 aliphatic carbocycles. The predicted octanol–water partition coefficient (Wildman–Crippen LogP) is 3.37. The van der Waals surface area contributed by atoms with Crippen LogP contribution in [0.1, 0.15) is 22.5 Å². The Morgan fingerprint density at radius 2 is 1.87 bits per heavy atom. The number of methoxy groups -OCH3 is 1. The largest absolute Gasteiger partial charge is 0.497 e. The third-order valence-corrected chi connectivity index (χ3v) is 4.70. The Hall–Kier alpha value is -3.87. The SMILES string of the molecule is COc1cccc(CNC(=O)COC(=O)/C=C/c2c(C)nn(-c3ccccc3)c2C)c1. The summed E-state index contributed by atoms with van der Waals surface area (Å²) in [5.41, 5.74) is 4.37. The number of nitrogens with zero attached hydrogens (tertiary/aromatic N) is 2. The van der Waals surface area contributed by atoms with E-state index in [2.05, 4.69) is 10.4 Å². The van der Waals surface area contributed by atoms with Crippen molar-refractivity contribution in [3.05, 3.63) is 83.2 Å². The summed E-state index contributed by atoms with van der Waals surface area (Å²) >= 11 is 0. The molecule has 0 unspecified atom stereocenters. The lowest BCUT2D eigenvalue weighted by molar-refractivity contribution is -0.143. The maximum absolute atomic E-state index is 12.0. The zero-order chi connectivity index (χ0) is 22.2. The number of aryl methyl sites for hydroxylation is 1. The third kappa shape index (κ3) is 5.82. The molecule has 0 atom stereocenters. The Morgan fingerprint density at radius 1 is 1.10 bits per heavy atom. The van der Waals surface area contributed by atoms with Gasteiger partial charge in [0, 0.05) is 23.9 Å². The number of carbonyl (C=O) groups excluding carboxylic acids is 2. The van der Waals surface area contributed by atoms with Crippen molar-refractivity contribution >= 4 is 18.0 Å². The summed E-state index contributed by atoms with van der Waals surface area (Å²) in [5, 5.41) is 7.25. The Bertz CT molecular complexity index is 1090. The fourth-order valence-electron chi connectivity index (χ4n) is 3.09. The standard InChI is InChI=1S/C24H25N3O4/c1-17-22(18(2)27(26-17)20-9-5-4-6-10-20)12-13-24(29)31-16-23(28)25-15-19-8-7-11-21(14-19)30-3/h4-14H,15-16H2,1-3H3,(H,25,28)/b13-12+. The van der Waals surface area contributed by atoms with Crippen LogP contribution >= 0.6 is 0 Å². The van der Waals surface area contributed by atoms with E-state index in [1.807, 2.05) is 73.1 Å². The highest BCUT2D eigenvalue weighted by Gasteiger charge is 2.11. The Kier molecular flexibility index (Phi) is 7.22. The molecule has 2 aromatic carbocycles. The summed E-state index contributed by atoms with van der Waals surface area (Å²) in [6, 6.07) is 17.1. The van der Waals surface area contributed by atoms with Crippen LogP contribution in [0.3, 0.4) is 0 Å². The van der Waals surface area contributed by atoms with E-state index in [1.165, 1.54) is 6.08 Å². The van der Waals surface area contributed by atoms with Gasteiger partial charge in [0.25, 0.3) is 5.91 Å². The number of para-hydroxylation sites is 1. The van der Waals surface area contributed by atoms with Crippen LogP contribution in [0.15, 0.2) is 60.7 Å². The minimum Gasteiger partial charge on any atom is -0.497 e. The number of hydrogen-bond donors (Lipinski definition) is 1. The van der Waals surface area contributed by atoms with Crippen LogP contribution in [-0.2, 0) is 20.9 Å². The van der Waals surface area contributed by atoms with Gasteiger partial charge in [-0.25, -0.2) is 9.48 Å². The first-order valence-electron chi connectivity index (χ1n) is 9.84. The summed E-state index contributed by atoms with van der Waals surface area (Å²) in [6.45, 7) is 3.78. The number of carbonyl (C=O) groups is 2. The molecule has 0 spiro atoms. The number of hydrogen-bond acceptors (Lipinski definition) is 5. The molecule has 0 radical (unpaired) electrons. The molecule has 1 aromatic heterocycles. The highest BCUT2D eigenvalue weighted by atomic mass is 16.5. The number of nitrogens with one attached hydrogen (secondary N) is 1. The van der Waals surface area contributed by atoms with Gasteiger partial charge in [0.2, 0.25) is 0 Å². The van der Waals surface area contributed by atoms with Gasteiger partial charge in [-0.2, -0.15) is 5.10 Å². The molecule has 0 fully saturated rings. The van der Waals surface area contributed by atoms with Crippen molar-refractivity contribution < 1.29 is 19.1 Å². The molecule has 1 N–H and O–H groups in total. The predicted molar refractivity (Wildman–Crippen MR) is 118 cm³/mol. The lowest BCUT2D eigenvalue weighted by Crippen LogP contribution is -2.28. The molecule has 31 heavy (non-hydrogen) atoms. The average molecular weight is 419 g/mol. The van der Waals surface area contributed by atoms with Gasteiger partial charge in [-0.05, 0) is 49.8 Å². The molecule has 3 aromatic rings. The molecule has 7 nitrogen and oxygen atoms in total. The number of benzene rings is 2. The van der Waals surface area contributed by atoms with Gasteiger partial charge in [-0.3, -0.25) is 4.79 Å². The summed E-state index contributed by atoms with van der Waals surface area (Å²) in [7, 11) is 1.58. The second-order valence-corrected chi connectivity index (χ2v) is 6.90. The van der Waals surface area contributed by atoms with Crippen LogP contribution in [0.25, 0.3) is 11.8 Å². The highest BCUT2D eigenvalue weighted by molar-refractivity contribution is 5.89. The summed E-state index contributed by atoms with van der Waals surface area (Å²) in [6.07, 6.45) is 2.97. The van der Waals surface area contributed by atoms with E-state index < -0.39 is 5.97 Å². The van der Waals surface area contributed by atoms with Crippen LogP contribution in [0.5, 0.6) is 5.75 Å². The topological polar surface area (TPSA) is 82.4 Å². The summed E-state index contributed by atoms with van der Waals surface area (Å²) in [5.74, 6) is -0.263. The van der Waals surface area contributed by atoms with Crippen molar-refractivity contribution in [3.8, 4) is 11.4 Å². The van der Waals surface area contributed by atoms with E-state index in [9.17, 15) is 9.59 Å². The van der Waals surface area contributed by atoms with Gasteiger partial charge < -0.3 is 14.8 Å². The van der Waals surface area contributed by atoms with Gasteiger partial charge in [-0.15, -0.1) is 0 Å². The fourth-order valence-corrected chi connectivity index (χ4v) is 3.09. The molecule has 7 heteroatoms. The molecule has 0 saturated carbocycles. The van der Waals surface area contributed by atoms with Gasteiger partial charge >= 0.3 is 5.97 Å². The molecular formula is C24H25N3O4. The van der Waals surface area contributed by atoms with Crippen LogP contribution < -0.4 is 10.1 Å². The van der Waals surface area contributed by atoms with Crippen LogP contribution in [0.4, 0.5) is 0 Å². The highest BCUT2D eigenvalue weighted by Crippen LogP contribution is 2.19. The van der Waals surface area contributed by atoms with Gasteiger partial charge in [0.15, 0.2) is 6.61 Å². The van der Waals surface area contributed by atoms with E-state index in [0.717, 1.165) is 28.2 Å². The molecule has 0 saturated heterocycles. The Morgan fingerprint density at radius 3 is 2.61 bits per heavy atom. The molecular weight excluding hydrogens is 394 g/mol. The lowest BCUT2D eigenvalue weighted by Gasteiger charge is -2.07. The van der Waals surface area contributed by atoms with E-state index >= 15 is 0 Å². The summed E-state index contributed by atoms with van der Waals surface area (Å²) < 4.78 is 12.0. The van der Waals surface area contributed by atoms with Gasteiger partial charge in [0.05, 0.1) is 18.5 Å². The minimum atomic E-state index is -0.595. The van der Waals surface area contributed by atoms with Crippen LogP contribution in [0.2, 0.25) is 0 Å². The van der Waals surface area contributed by atoms with Crippen LogP contribution in [0, 0.1) is 13.8 Å². The Balaban J connectivity index is 1.52. The number of ether oxygens (including phenoxy) is 2. The molecule has 1 amide bonds. The molecule has 0 aliphatic rings. The van der Waals surface area contributed by atoms with Crippen molar-refractivity contribution in [2.24, 2.45) is 0 Å². The maximum Gasteiger partial charge on any atom is 0.331 e. The molecule has 1 heterocycles. The van der Waals surface area contributed by atoms with E-state index in [1.54, 1.807) is 13.2 Å². The zero-order valence-electron chi connectivity index (χ0n) is 17.8. The van der Waals surface area contributed by atoms with E-state index in [4.69, 9.17) is 9.47 Å². The molecule has 3 rings (SSSR count). The first-order chi connectivity index (χ1) is 15.0. The molecule has 0 aliphatic heterocycles. The second-order valence-electron chi connectivity index (χ2n) is 6.90. The van der Waals surface area contributed by atoms with E-state index in [-0.39, 0.29) is 12.5 Å². The average Bonchev–Trinajstić information content (AvgIpc) is 3.08. The number of rotatable bonds is 8. The van der Waals surface area contributed by atoms with E-state index in [0.29, 0.717) is 12.3 Å². The normalized spacial score (nSPS) is 10.8. The first-order valence-corrected chi connectivity index (χ1v) is 9.84. The zero-order valence-corrected chi connectivity index (χ0v) is 17.8. The van der Waals surface area contributed by atoms with Crippen molar-refractivity contribution in [3.63, 3.8) is 0 Å². The van der Waals surface area contributed by atoms with Crippen molar-refractivity contribution in [2.75, 3.05) is 13.7 Å². The monoisotopic (exact) mass is 419 g/mol. The maximum atomic E-state index is 12.0. The van der Waals surface area contributed by atoms with Gasteiger partial charge in [0.1, 0.15) is 5.75 Å². The quantitative estimate of drug-likeness (QED) is 0.447. The van der Waals surface area contributed by atoms with Crippen molar-refractivity contribution in [1.82, 2.24) is 15.1 Å². The second kappa shape index (κ2) is 10.2. The molecule has 0 bridgehead atoms.